The van der Waals surface area contributed by atoms with Crippen molar-refractivity contribution in [2.75, 3.05) is 12.8 Å². The highest BCUT2D eigenvalue weighted by Gasteiger charge is 2.17. The minimum absolute atomic E-state index is 0.270. The highest BCUT2D eigenvalue weighted by atomic mass is 32.2. The van der Waals surface area contributed by atoms with Gasteiger partial charge in [0.15, 0.2) is 0 Å². The molecule has 1 aromatic carbocycles. The second-order valence-electron chi connectivity index (χ2n) is 5.42. The maximum absolute atomic E-state index is 5.91. The number of rotatable bonds is 6. The summed E-state index contributed by atoms with van der Waals surface area (Å²) < 4.78 is 6.18. The van der Waals surface area contributed by atoms with Crippen LogP contribution in [0.4, 0.5) is 0 Å². The molecule has 1 heterocycles. The molecule has 0 fully saturated rings. The Balaban J connectivity index is 2.15. The van der Waals surface area contributed by atoms with Gasteiger partial charge in [0.2, 0.25) is 0 Å². The molecule has 0 amide bonds. The Labute approximate surface area is 119 Å². The third-order valence-electron chi connectivity index (χ3n) is 3.51. The van der Waals surface area contributed by atoms with E-state index in [9.17, 15) is 0 Å². The van der Waals surface area contributed by atoms with Gasteiger partial charge in [-0.25, -0.2) is 0 Å². The Morgan fingerprint density at radius 2 is 2.00 bits per heavy atom. The summed E-state index contributed by atoms with van der Waals surface area (Å²) >= 11 is 1.89. The molecule has 0 aliphatic heterocycles. The molecule has 2 rings (SSSR count). The van der Waals surface area contributed by atoms with Crippen LogP contribution >= 0.6 is 11.8 Å². The highest BCUT2D eigenvalue weighted by molar-refractivity contribution is 7.99. The third kappa shape index (κ3) is 3.34. The molecule has 19 heavy (non-hydrogen) atoms. The van der Waals surface area contributed by atoms with Gasteiger partial charge in [0, 0.05) is 35.2 Å². The summed E-state index contributed by atoms with van der Waals surface area (Å²) in [5.41, 5.74) is 2.32. The summed E-state index contributed by atoms with van der Waals surface area (Å²) in [4.78, 5) is 0. The first-order valence-electron chi connectivity index (χ1n) is 6.82. The van der Waals surface area contributed by atoms with Crippen LogP contribution in [0.15, 0.2) is 28.7 Å². The molecule has 3 heteroatoms. The van der Waals surface area contributed by atoms with Crippen LogP contribution < -0.4 is 5.32 Å². The van der Waals surface area contributed by atoms with Crippen molar-refractivity contribution in [1.82, 2.24) is 5.32 Å². The lowest BCUT2D eigenvalue weighted by Crippen LogP contribution is -2.31. The Kier molecular flexibility index (Phi) is 4.58. The minimum atomic E-state index is 0.270. The summed E-state index contributed by atoms with van der Waals surface area (Å²) in [6.45, 7) is 8.55. The van der Waals surface area contributed by atoms with Gasteiger partial charge >= 0.3 is 0 Å². The lowest BCUT2D eigenvalue weighted by atomic mass is 10.1. The third-order valence-corrected chi connectivity index (χ3v) is 4.76. The van der Waals surface area contributed by atoms with Gasteiger partial charge in [0.25, 0.3) is 0 Å². The zero-order chi connectivity index (χ0) is 13.9. The summed E-state index contributed by atoms with van der Waals surface area (Å²) in [5, 5.41) is 4.81. The fraction of sp³-hybridized carbons (Fsp3) is 0.500. The van der Waals surface area contributed by atoms with E-state index in [2.05, 4.69) is 44.5 Å². The Hall–Kier alpha value is -0.930. The van der Waals surface area contributed by atoms with Crippen molar-refractivity contribution in [1.29, 1.82) is 0 Å². The zero-order valence-corrected chi connectivity index (χ0v) is 13.1. The van der Waals surface area contributed by atoms with E-state index in [0.29, 0.717) is 0 Å². The summed E-state index contributed by atoms with van der Waals surface area (Å²) in [6, 6.07) is 8.30. The number of nitrogens with one attached hydrogen (secondary N) is 1. The van der Waals surface area contributed by atoms with E-state index < -0.39 is 0 Å². The summed E-state index contributed by atoms with van der Waals surface area (Å²) in [5.74, 6) is 1.11. The quantitative estimate of drug-likeness (QED) is 0.855. The fourth-order valence-electron chi connectivity index (χ4n) is 2.19. The predicted molar refractivity (Wildman–Crippen MR) is 84.9 cm³/mol. The van der Waals surface area contributed by atoms with E-state index >= 15 is 0 Å². The van der Waals surface area contributed by atoms with Crippen LogP contribution in [0.5, 0.6) is 0 Å². The van der Waals surface area contributed by atoms with Crippen LogP contribution in [0.2, 0.25) is 0 Å². The molecule has 0 bridgehead atoms. The smallest absolute Gasteiger partial charge is 0.134 e. The van der Waals surface area contributed by atoms with E-state index in [0.717, 1.165) is 30.9 Å². The maximum Gasteiger partial charge on any atom is 0.134 e. The zero-order valence-electron chi connectivity index (χ0n) is 12.2. The lowest BCUT2D eigenvalue weighted by Gasteiger charge is -2.22. The van der Waals surface area contributed by atoms with Crippen LogP contribution in [0, 0.1) is 0 Å². The first kappa shape index (κ1) is 14.5. The van der Waals surface area contributed by atoms with Gasteiger partial charge in [-0.1, -0.05) is 25.1 Å². The first-order chi connectivity index (χ1) is 9.07. The van der Waals surface area contributed by atoms with E-state index in [4.69, 9.17) is 4.42 Å². The molecule has 2 nitrogen and oxygen atoms in total. The largest absolute Gasteiger partial charge is 0.461 e. The molecular formula is C16H23NOS. The standard InChI is InChI=1S/C16H23NOS/c1-5-14-13(10-17-11-16(2,3)19-4)12-8-6-7-9-15(12)18-14/h6-9,17H,5,10-11H2,1-4H3. The monoisotopic (exact) mass is 277 g/mol. The van der Waals surface area contributed by atoms with E-state index in [1.165, 1.54) is 10.9 Å². The van der Waals surface area contributed by atoms with E-state index in [1.807, 2.05) is 23.9 Å². The van der Waals surface area contributed by atoms with Crippen molar-refractivity contribution in [3.05, 3.63) is 35.6 Å². The molecule has 2 aromatic rings. The molecule has 0 saturated carbocycles. The Morgan fingerprint density at radius 1 is 1.26 bits per heavy atom. The van der Waals surface area contributed by atoms with Crippen LogP contribution in [0.25, 0.3) is 11.0 Å². The van der Waals surface area contributed by atoms with Gasteiger partial charge in [0.05, 0.1) is 0 Å². The lowest BCUT2D eigenvalue weighted by molar-refractivity contribution is 0.537. The number of para-hydroxylation sites is 1. The van der Waals surface area contributed by atoms with Crippen LogP contribution in [-0.4, -0.2) is 17.5 Å². The van der Waals surface area contributed by atoms with Crippen molar-refractivity contribution in [2.45, 2.75) is 38.5 Å². The second kappa shape index (κ2) is 6.02. The number of aryl methyl sites for hydroxylation is 1. The summed E-state index contributed by atoms with van der Waals surface area (Å²) in [6.07, 6.45) is 3.10. The van der Waals surface area contributed by atoms with Gasteiger partial charge in [-0.15, -0.1) is 0 Å². The molecule has 0 aliphatic carbocycles. The minimum Gasteiger partial charge on any atom is -0.461 e. The van der Waals surface area contributed by atoms with Crippen LogP contribution in [0.3, 0.4) is 0 Å². The van der Waals surface area contributed by atoms with Gasteiger partial charge in [0.1, 0.15) is 11.3 Å². The predicted octanol–water partition coefficient (Wildman–Crippen LogP) is 4.23. The molecule has 0 atom stereocenters. The molecular weight excluding hydrogens is 254 g/mol. The number of benzene rings is 1. The highest BCUT2D eigenvalue weighted by Crippen LogP contribution is 2.26. The number of furan rings is 1. The second-order valence-corrected chi connectivity index (χ2v) is 6.93. The van der Waals surface area contributed by atoms with Crippen molar-refractivity contribution in [2.24, 2.45) is 0 Å². The molecule has 104 valence electrons. The van der Waals surface area contributed by atoms with Gasteiger partial charge < -0.3 is 9.73 Å². The molecule has 0 aliphatic rings. The average molecular weight is 277 g/mol. The number of hydrogen-bond acceptors (Lipinski definition) is 3. The van der Waals surface area contributed by atoms with Crippen molar-refractivity contribution >= 4 is 22.7 Å². The molecule has 0 unspecified atom stereocenters. The average Bonchev–Trinajstić information content (AvgIpc) is 2.77. The first-order valence-corrected chi connectivity index (χ1v) is 8.05. The van der Waals surface area contributed by atoms with Crippen molar-refractivity contribution in [3.8, 4) is 0 Å². The molecule has 1 aromatic heterocycles. The number of hydrogen-bond donors (Lipinski definition) is 1. The summed E-state index contributed by atoms with van der Waals surface area (Å²) in [7, 11) is 0. The topological polar surface area (TPSA) is 25.2 Å². The van der Waals surface area contributed by atoms with E-state index in [-0.39, 0.29) is 4.75 Å². The molecule has 0 spiro atoms. The SMILES string of the molecule is CCc1oc2ccccc2c1CNCC(C)(C)SC. The maximum atomic E-state index is 5.91. The number of fused-ring (bicyclic) bond motifs is 1. The van der Waals surface area contributed by atoms with Crippen molar-refractivity contribution < 1.29 is 4.42 Å². The molecule has 0 saturated heterocycles. The van der Waals surface area contributed by atoms with E-state index in [1.54, 1.807) is 0 Å². The van der Waals surface area contributed by atoms with Gasteiger partial charge in [-0.2, -0.15) is 11.8 Å². The molecule has 1 N–H and O–H groups in total. The van der Waals surface area contributed by atoms with Crippen LogP contribution in [0.1, 0.15) is 32.1 Å². The fourth-order valence-corrected chi connectivity index (χ4v) is 2.44. The van der Waals surface area contributed by atoms with Crippen molar-refractivity contribution in [3.63, 3.8) is 0 Å². The van der Waals surface area contributed by atoms with Crippen LogP contribution in [-0.2, 0) is 13.0 Å². The normalized spacial score (nSPS) is 12.2. The van der Waals surface area contributed by atoms with Gasteiger partial charge in [-0.3, -0.25) is 0 Å². The van der Waals surface area contributed by atoms with Gasteiger partial charge in [-0.05, 0) is 26.2 Å². The number of thioether (sulfide) groups is 1. The molecule has 0 radical (unpaired) electrons. The Bertz CT molecular complexity index is 545. The Morgan fingerprint density at radius 3 is 2.68 bits per heavy atom.